The van der Waals surface area contributed by atoms with E-state index in [9.17, 15) is 14.4 Å². The average molecular weight is 285 g/mol. The number of carbonyl (C=O) groups excluding carboxylic acids is 2. The first-order valence-corrected chi connectivity index (χ1v) is 6.40. The molecule has 7 nitrogen and oxygen atoms in total. The number of primary amides is 1. The van der Waals surface area contributed by atoms with Crippen LogP contribution in [0.3, 0.4) is 0 Å². The van der Waals surface area contributed by atoms with Crippen molar-refractivity contribution in [2.24, 2.45) is 11.5 Å². The largest absolute Gasteiger partial charge is 0.480 e. The maximum Gasteiger partial charge on any atom is 0.326 e. The van der Waals surface area contributed by atoms with Crippen LogP contribution in [0.25, 0.3) is 0 Å². The number of nitrogens with two attached hydrogens (primary N) is 2. The van der Waals surface area contributed by atoms with Crippen LogP contribution >= 0.6 is 11.3 Å². The van der Waals surface area contributed by atoms with E-state index in [-0.39, 0.29) is 12.8 Å². The molecule has 0 bridgehead atoms. The van der Waals surface area contributed by atoms with Crippen LogP contribution in [0, 0.1) is 0 Å². The zero-order chi connectivity index (χ0) is 14.4. The molecule has 1 heterocycles. The summed E-state index contributed by atoms with van der Waals surface area (Å²) in [5.41, 5.74) is 10.6. The fraction of sp³-hybridized carbons (Fsp3) is 0.364. The molecule has 6 N–H and O–H groups in total. The Morgan fingerprint density at radius 3 is 2.58 bits per heavy atom. The van der Waals surface area contributed by atoms with E-state index in [1.807, 2.05) is 0 Å². The Kier molecular flexibility index (Phi) is 5.46. The molecule has 104 valence electrons. The molecule has 0 saturated carbocycles. The minimum absolute atomic E-state index is 0.0619. The maximum absolute atomic E-state index is 11.8. The summed E-state index contributed by atoms with van der Waals surface area (Å²) < 4.78 is 0. The van der Waals surface area contributed by atoms with E-state index < -0.39 is 29.9 Å². The van der Waals surface area contributed by atoms with E-state index in [1.165, 1.54) is 11.3 Å². The Morgan fingerprint density at radius 1 is 1.42 bits per heavy atom. The van der Waals surface area contributed by atoms with Crippen molar-refractivity contribution in [1.29, 1.82) is 0 Å². The van der Waals surface area contributed by atoms with Crippen molar-refractivity contribution < 1.29 is 19.5 Å². The molecular formula is C11H15N3O4S. The van der Waals surface area contributed by atoms with Gasteiger partial charge in [-0.1, -0.05) is 6.07 Å². The van der Waals surface area contributed by atoms with Gasteiger partial charge in [-0.25, -0.2) is 4.79 Å². The highest BCUT2D eigenvalue weighted by Gasteiger charge is 2.24. The standard InChI is InChI=1S/C11H15N3O4S/c12-8(15)4-3-6(11(17)18)14-10(16)9(13)7-2-1-5-19-7/h1-2,5-6,9H,3-4,13H2,(H2,12,15)(H,14,16)(H,17,18)/t6-,9?/m1/s1. The van der Waals surface area contributed by atoms with Gasteiger partial charge < -0.3 is 21.9 Å². The third kappa shape index (κ3) is 4.68. The second-order valence-corrected chi connectivity index (χ2v) is 4.88. The third-order valence-electron chi connectivity index (χ3n) is 2.43. The maximum atomic E-state index is 11.8. The van der Waals surface area contributed by atoms with Crippen molar-refractivity contribution in [2.75, 3.05) is 0 Å². The van der Waals surface area contributed by atoms with E-state index in [2.05, 4.69) is 5.32 Å². The van der Waals surface area contributed by atoms with Crippen LogP contribution < -0.4 is 16.8 Å². The highest BCUT2D eigenvalue weighted by atomic mass is 32.1. The van der Waals surface area contributed by atoms with Crippen molar-refractivity contribution in [2.45, 2.75) is 24.9 Å². The number of aliphatic carboxylic acids is 1. The minimum atomic E-state index is -1.23. The summed E-state index contributed by atoms with van der Waals surface area (Å²) in [6, 6.07) is 1.34. The lowest BCUT2D eigenvalue weighted by atomic mass is 10.1. The molecule has 1 aromatic heterocycles. The zero-order valence-electron chi connectivity index (χ0n) is 10.0. The Labute approximate surface area is 113 Å². The number of carboxylic acids is 1. The quantitative estimate of drug-likeness (QED) is 0.539. The van der Waals surface area contributed by atoms with Crippen molar-refractivity contribution in [1.82, 2.24) is 5.32 Å². The second-order valence-electron chi connectivity index (χ2n) is 3.90. The molecule has 1 rings (SSSR count). The van der Waals surface area contributed by atoms with Crippen LogP contribution in [-0.2, 0) is 14.4 Å². The van der Waals surface area contributed by atoms with Crippen LogP contribution in [0.15, 0.2) is 17.5 Å². The van der Waals surface area contributed by atoms with Gasteiger partial charge in [0.1, 0.15) is 12.1 Å². The molecule has 19 heavy (non-hydrogen) atoms. The Morgan fingerprint density at radius 2 is 2.11 bits per heavy atom. The zero-order valence-corrected chi connectivity index (χ0v) is 10.9. The molecule has 8 heteroatoms. The first-order valence-electron chi connectivity index (χ1n) is 5.52. The van der Waals surface area contributed by atoms with Gasteiger partial charge in [0, 0.05) is 11.3 Å². The Balaban J connectivity index is 2.61. The summed E-state index contributed by atoms with van der Waals surface area (Å²) in [6.45, 7) is 0. The lowest BCUT2D eigenvalue weighted by Gasteiger charge is -2.16. The van der Waals surface area contributed by atoms with Gasteiger partial charge in [0.15, 0.2) is 0 Å². The molecule has 1 aromatic rings. The van der Waals surface area contributed by atoms with Crippen molar-refractivity contribution in [3.8, 4) is 0 Å². The van der Waals surface area contributed by atoms with Gasteiger partial charge in [0.2, 0.25) is 11.8 Å². The monoisotopic (exact) mass is 285 g/mol. The van der Waals surface area contributed by atoms with Gasteiger partial charge in [-0.3, -0.25) is 9.59 Å². The highest BCUT2D eigenvalue weighted by Crippen LogP contribution is 2.17. The first-order chi connectivity index (χ1) is 8.91. The number of rotatable bonds is 7. The van der Waals surface area contributed by atoms with E-state index in [0.717, 1.165) is 0 Å². The number of amides is 2. The first kappa shape index (κ1) is 15.1. The fourth-order valence-corrected chi connectivity index (χ4v) is 2.13. The van der Waals surface area contributed by atoms with E-state index >= 15 is 0 Å². The van der Waals surface area contributed by atoms with Crippen LogP contribution in [0.1, 0.15) is 23.8 Å². The highest BCUT2D eigenvalue weighted by molar-refractivity contribution is 7.10. The molecule has 0 aliphatic heterocycles. The predicted octanol–water partition coefficient (Wildman–Crippen LogP) is -0.417. The average Bonchev–Trinajstić information content (AvgIpc) is 2.86. The molecule has 0 saturated heterocycles. The summed E-state index contributed by atoms with van der Waals surface area (Å²) in [7, 11) is 0. The van der Waals surface area contributed by atoms with E-state index in [1.54, 1.807) is 17.5 Å². The molecular weight excluding hydrogens is 270 g/mol. The molecule has 1 unspecified atom stereocenters. The number of hydrogen-bond acceptors (Lipinski definition) is 5. The van der Waals surface area contributed by atoms with Gasteiger partial charge in [-0.2, -0.15) is 0 Å². The Bertz CT molecular complexity index is 461. The van der Waals surface area contributed by atoms with Gasteiger partial charge in [0.25, 0.3) is 0 Å². The number of thiophene rings is 1. The topological polar surface area (TPSA) is 136 Å². The summed E-state index contributed by atoms with van der Waals surface area (Å²) in [5, 5.41) is 13.0. The molecule has 0 aliphatic rings. The van der Waals surface area contributed by atoms with Gasteiger partial charge in [-0.05, 0) is 17.9 Å². The number of hydrogen-bond donors (Lipinski definition) is 4. The van der Waals surface area contributed by atoms with E-state index in [0.29, 0.717) is 4.88 Å². The molecule has 0 radical (unpaired) electrons. The Hall–Kier alpha value is -1.93. The van der Waals surface area contributed by atoms with Crippen molar-refractivity contribution in [3.05, 3.63) is 22.4 Å². The number of nitrogens with one attached hydrogen (secondary N) is 1. The van der Waals surface area contributed by atoms with Crippen molar-refractivity contribution in [3.63, 3.8) is 0 Å². The number of carboxylic acid groups (broad SMARTS) is 1. The van der Waals surface area contributed by atoms with Crippen LogP contribution in [0.5, 0.6) is 0 Å². The minimum Gasteiger partial charge on any atom is -0.480 e. The summed E-state index contributed by atoms with van der Waals surface area (Å²) in [5.74, 6) is -2.45. The lowest BCUT2D eigenvalue weighted by Crippen LogP contribution is -2.45. The van der Waals surface area contributed by atoms with Gasteiger partial charge in [0.05, 0.1) is 0 Å². The SMILES string of the molecule is NC(=O)CC[C@@H](NC(=O)C(N)c1cccs1)C(=O)O. The van der Waals surface area contributed by atoms with Gasteiger partial charge in [-0.15, -0.1) is 11.3 Å². The second kappa shape index (κ2) is 6.86. The fourth-order valence-electron chi connectivity index (χ4n) is 1.40. The van der Waals surface area contributed by atoms with Crippen LogP contribution in [-0.4, -0.2) is 28.9 Å². The molecule has 0 fully saturated rings. The third-order valence-corrected chi connectivity index (χ3v) is 3.38. The molecule has 2 amide bonds. The summed E-state index contributed by atoms with van der Waals surface area (Å²) in [6.07, 6.45) is -0.181. The molecule has 0 aromatic carbocycles. The smallest absolute Gasteiger partial charge is 0.326 e. The number of carbonyl (C=O) groups is 3. The molecule has 0 spiro atoms. The van der Waals surface area contributed by atoms with Crippen LogP contribution in [0.2, 0.25) is 0 Å². The lowest BCUT2D eigenvalue weighted by molar-refractivity contribution is -0.142. The van der Waals surface area contributed by atoms with Gasteiger partial charge >= 0.3 is 5.97 Å². The summed E-state index contributed by atoms with van der Waals surface area (Å²) >= 11 is 1.31. The summed E-state index contributed by atoms with van der Waals surface area (Å²) in [4.78, 5) is 34.0. The van der Waals surface area contributed by atoms with E-state index in [4.69, 9.17) is 16.6 Å². The van der Waals surface area contributed by atoms with Crippen molar-refractivity contribution >= 4 is 29.1 Å². The normalized spacial score (nSPS) is 13.5. The molecule has 2 atom stereocenters. The molecule has 0 aliphatic carbocycles. The predicted molar refractivity (Wildman–Crippen MR) is 69.2 cm³/mol. The van der Waals surface area contributed by atoms with Crippen LogP contribution in [0.4, 0.5) is 0 Å².